The van der Waals surface area contributed by atoms with E-state index in [0.717, 1.165) is 63.6 Å². The van der Waals surface area contributed by atoms with E-state index in [1.807, 2.05) is 57.3 Å². The third-order valence-corrected chi connectivity index (χ3v) is 10.5. The number of pyridine rings is 1. The molecule has 1 aromatic heterocycles. The summed E-state index contributed by atoms with van der Waals surface area (Å²) < 4.78 is 0. The molecule has 0 saturated heterocycles. The highest BCUT2D eigenvalue weighted by atomic mass is 35.5. The van der Waals surface area contributed by atoms with Crippen molar-refractivity contribution in [2.45, 2.75) is 105 Å². The Labute approximate surface area is 281 Å². The van der Waals surface area contributed by atoms with Gasteiger partial charge in [-0.3, -0.25) is 14.8 Å². The van der Waals surface area contributed by atoms with Crippen molar-refractivity contribution in [1.82, 2.24) is 4.98 Å². The number of carbonyl (C=O) groups is 1. The molecule has 1 aliphatic carbocycles. The molecule has 1 saturated carbocycles. The van der Waals surface area contributed by atoms with E-state index in [9.17, 15) is 4.79 Å². The Morgan fingerprint density at radius 1 is 0.978 bits per heavy atom. The zero-order chi connectivity index (χ0) is 33.0. The van der Waals surface area contributed by atoms with Crippen molar-refractivity contribution >= 4 is 29.2 Å². The predicted molar refractivity (Wildman–Crippen MR) is 196 cm³/mol. The third-order valence-electron chi connectivity index (χ3n) is 10.2. The van der Waals surface area contributed by atoms with Crippen molar-refractivity contribution in [2.75, 3.05) is 0 Å². The van der Waals surface area contributed by atoms with Gasteiger partial charge in [0.05, 0.1) is 6.04 Å². The molecular weight excluding hydrogens is 584 g/mol. The number of aromatic nitrogens is 1. The SMILES string of the molecule is C=C1C(C)=C(C=C(C(=O)CCC)c2ccc(-c3ccc(C)nc3C)cc2Cl)C=NC1Cc1ccc(C2CCC(CC)CC2)c(C)c1. The van der Waals surface area contributed by atoms with Crippen LogP contribution in [0.5, 0.6) is 0 Å². The van der Waals surface area contributed by atoms with E-state index in [1.165, 1.54) is 48.8 Å². The molecule has 0 N–H and O–H groups in total. The van der Waals surface area contributed by atoms with Gasteiger partial charge in [0, 0.05) is 45.7 Å². The van der Waals surface area contributed by atoms with E-state index in [-0.39, 0.29) is 11.8 Å². The maximum absolute atomic E-state index is 13.5. The number of hydrogen-bond acceptors (Lipinski definition) is 3. The van der Waals surface area contributed by atoms with Crippen molar-refractivity contribution in [3.8, 4) is 11.1 Å². The number of dihydropyridines is 1. The van der Waals surface area contributed by atoms with Crippen LogP contribution in [0.15, 0.2) is 82.9 Å². The smallest absolute Gasteiger partial charge is 0.163 e. The van der Waals surface area contributed by atoms with E-state index in [0.29, 0.717) is 22.9 Å². The molecule has 1 aliphatic heterocycles. The monoisotopic (exact) mass is 632 g/mol. The number of aryl methyl sites for hydroxylation is 3. The Balaban J connectivity index is 1.36. The normalized spacial score (nSPS) is 20.4. The van der Waals surface area contributed by atoms with Gasteiger partial charge in [-0.05, 0) is 135 Å². The number of Topliss-reactive ketones (excluding diaryl/α,β-unsaturated/α-hetero) is 1. The lowest BCUT2D eigenvalue weighted by atomic mass is 9.76. The highest BCUT2D eigenvalue weighted by Gasteiger charge is 2.24. The molecule has 0 bridgehead atoms. The van der Waals surface area contributed by atoms with Gasteiger partial charge in [-0.25, -0.2) is 0 Å². The van der Waals surface area contributed by atoms with Gasteiger partial charge >= 0.3 is 0 Å². The second-order valence-corrected chi connectivity index (χ2v) is 13.8. The van der Waals surface area contributed by atoms with E-state index in [2.05, 4.69) is 56.6 Å². The van der Waals surface area contributed by atoms with E-state index >= 15 is 0 Å². The summed E-state index contributed by atoms with van der Waals surface area (Å²) >= 11 is 6.90. The molecule has 0 radical (unpaired) electrons. The first-order valence-electron chi connectivity index (χ1n) is 17.1. The minimum absolute atomic E-state index is 0.0218. The van der Waals surface area contributed by atoms with Crippen LogP contribution in [0.2, 0.25) is 5.02 Å². The van der Waals surface area contributed by atoms with Gasteiger partial charge < -0.3 is 0 Å². The quantitative estimate of drug-likeness (QED) is 0.209. The van der Waals surface area contributed by atoms with Crippen molar-refractivity contribution in [3.63, 3.8) is 0 Å². The molecule has 3 aromatic rings. The van der Waals surface area contributed by atoms with Gasteiger partial charge in [-0.1, -0.05) is 74.8 Å². The summed E-state index contributed by atoms with van der Waals surface area (Å²) in [5, 5.41) is 0.549. The van der Waals surface area contributed by atoms with Gasteiger partial charge in [-0.2, -0.15) is 0 Å². The van der Waals surface area contributed by atoms with Crippen molar-refractivity contribution in [3.05, 3.63) is 117 Å². The van der Waals surface area contributed by atoms with Crippen LogP contribution < -0.4 is 0 Å². The fraction of sp³-hybridized carbons (Fsp3) is 0.405. The molecule has 0 amide bonds. The molecule has 1 atom stereocenters. The average molecular weight is 633 g/mol. The van der Waals surface area contributed by atoms with Crippen LogP contribution in [-0.4, -0.2) is 23.0 Å². The summed E-state index contributed by atoms with van der Waals surface area (Å²) in [6.45, 7) is 17.2. The first-order chi connectivity index (χ1) is 22.1. The fourth-order valence-corrected chi connectivity index (χ4v) is 7.54. The van der Waals surface area contributed by atoms with Crippen LogP contribution in [-0.2, 0) is 11.2 Å². The number of nitrogens with zero attached hydrogens (tertiary/aromatic N) is 2. The summed E-state index contributed by atoms with van der Waals surface area (Å²) in [6, 6.07) is 17.0. The predicted octanol–water partition coefficient (Wildman–Crippen LogP) is 11.3. The molecule has 1 unspecified atom stereocenters. The number of benzene rings is 2. The Morgan fingerprint density at radius 2 is 1.74 bits per heavy atom. The number of allylic oxidation sites excluding steroid dienone is 3. The molecule has 5 rings (SSSR count). The van der Waals surface area contributed by atoms with Crippen LogP contribution in [0.1, 0.15) is 105 Å². The first-order valence-corrected chi connectivity index (χ1v) is 17.5. The molecule has 46 heavy (non-hydrogen) atoms. The zero-order valence-electron chi connectivity index (χ0n) is 28.6. The molecule has 2 heterocycles. The average Bonchev–Trinajstić information content (AvgIpc) is 3.03. The molecule has 4 heteroatoms. The van der Waals surface area contributed by atoms with Crippen molar-refractivity contribution < 1.29 is 4.79 Å². The lowest BCUT2D eigenvalue weighted by molar-refractivity contribution is -0.113. The largest absolute Gasteiger partial charge is 0.294 e. The van der Waals surface area contributed by atoms with E-state index in [1.54, 1.807) is 0 Å². The topological polar surface area (TPSA) is 42.3 Å². The zero-order valence-corrected chi connectivity index (χ0v) is 29.3. The highest BCUT2D eigenvalue weighted by molar-refractivity contribution is 6.35. The molecular formula is C42H49ClN2O. The summed E-state index contributed by atoms with van der Waals surface area (Å²) in [7, 11) is 0. The van der Waals surface area contributed by atoms with Crippen LogP contribution >= 0.6 is 11.6 Å². The lowest BCUT2D eigenvalue weighted by Crippen LogP contribution is -2.18. The number of halogens is 1. The van der Waals surface area contributed by atoms with Crippen LogP contribution in [0, 0.1) is 26.7 Å². The van der Waals surface area contributed by atoms with E-state index in [4.69, 9.17) is 16.6 Å². The third kappa shape index (κ3) is 7.52. The van der Waals surface area contributed by atoms with Gasteiger partial charge in [0.2, 0.25) is 0 Å². The number of rotatable bonds is 10. The molecule has 3 nitrogen and oxygen atoms in total. The molecule has 240 valence electrons. The Bertz CT molecular complexity index is 1720. The Kier molecular flexibility index (Phi) is 10.9. The van der Waals surface area contributed by atoms with Crippen LogP contribution in [0.25, 0.3) is 16.7 Å². The van der Waals surface area contributed by atoms with Gasteiger partial charge in [0.25, 0.3) is 0 Å². The number of ketones is 1. The fourth-order valence-electron chi connectivity index (χ4n) is 7.26. The van der Waals surface area contributed by atoms with E-state index < -0.39 is 0 Å². The number of hydrogen-bond donors (Lipinski definition) is 0. The highest BCUT2D eigenvalue weighted by Crippen LogP contribution is 2.39. The van der Waals surface area contributed by atoms with Crippen LogP contribution in [0.4, 0.5) is 0 Å². The Hall–Kier alpha value is -3.56. The van der Waals surface area contributed by atoms with Gasteiger partial charge in [0.15, 0.2) is 5.78 Å². The van der Waals surface area contributed by atoms with Gasteiger partial charge in [0.1, 0.15) is 0 Å². The summed E-state index contributed by atoms with van der Waals surface area (Å²) in [5.74, 6) is 1.68. The second kappa shape index (κ2) is 14.9. The summed E-state index contributed by atoms with van der Waals surface area (Å²) in [4.78, 5) is 23.1. The maximum Gasteiger partial charge on any atom is 0.163 e. The number of aliphatic imine (C=N–C) groups is 1. The molecule has 0 spiro atoms. The number of carbonyl (C=O) groups excluding carboxylic acids is 1. The van der Waals surface area contributed by atoms with Gasteiger partial charge in [-0.15, -0.1) is 0 Å². The van der Waals surface area contributed by atoms with Crippen molar-refractivity contribution in [1.29, 1.82) is 0 Å². The van der Waals surface area contributed by atoms with Crippen molar-refractivity contribution in [2.24, 2.45) is 10.9 Å². The first kappa shape index (κ1) is 33.8. The molecule has 1 fully saturated rings. The summed E-state index contributed by atoms with van der Waals surface area (Å²) in [5.41, 5.74) is 12.5. The standard InChI is InChI=1S/C42H49ClN2O/c1-8-10-42(46)39(38-20-17-34(24-40(38)43)37-18-11-27(4)45-30(37)7)23-35-25-44-41(29(6)28(35)5)22-32-14-19-36(26(3)21-32)33-15-12-31(9-2)13-16-33/h11,14,17-21,23-25,31,33,41H,6,8-10,12-13,15-16,22H2,1-5,7H3. The second-order valence-electron chi connectivity index (χ2n) is 13.4. The minimum Gasteiger partial charge on any atom is -0.294 e. The molecule has 2 aliphatic rings. The summed E-state index contributed by atoms with van der Waals surface area (Å²) in [6.07, 6.45) is 12.6. The molecule has 2 aromatic carbocycles. The minimum atomic E-state index is -0.0218. The maximum atomic E-state index is 13.5. The van der Waals surface area contributed by atoms with Crippen LogP contribution in [0.3, 0.4) is 0 Å². The Morgan fingerprint density at radius 3 is 2.39 bits per heavy atom. The lowest BCUT2D eigenvalue weighted by Gasteiger charge is -2.29.